The van der Waals surface area contributed by atoms with Gasteiger partial charge in [-0.25, -0.2) is 4.57 Å². The molecule has 53 heavy (non-hydrogen) atoms. The van der Waals surface area contributed by atoms with Gasteiger partial charge in [0.2, 0.25) is 5.91 Å². The van der Waals surface area contributed by atoms with Crippen LogP contribution in [-0.2, 0) is 18.4 Å². The number of amides is 1. The quantitative estimate of drug-likeness (QED) is 0.0247. The predicted octanol–water partition coefficient (Wildman–Crippen LogP) is 12.2. The van der Waals surface area contributed by atoms with Crippen LogP contribution in [0, 0.1) is 5.92 Å². The molecule has 8 nitrogen and oxygen atoms in total. The number of carbonyl (C=O) groups excluding carboxylic acids is 1. The molecule has 0 saturated heterocycles. The van der Waals surface area contributed by atoms with Crippen LogP contribution < -0.4 is 5.32 Å². The van der Waals surface area contributed by atoms with Crippen molar-refractivity contribution in [2.24, 2.45) is 5.92 Å². The zero-order valence-electron chi connectivity index (χ0n) is 35.6. The molecule has 0 heterocycles. The van der Waals surface area contributed by atoms with Gasteiger partial charge in [0.25, 0.3) is 0 Å². The van der Waals surface area contributed by atoms with E-state index in [1.165, 1.54) is 160 Å². The van der Waals surface area contributed by atoms with E-state index in [2.05, 4.69) is 25.7 Å². The number of rotatable bonds is 42. The van der Waals surface area contributed by atoms with Crippen LogP contribution in [0.2, 0.25) is 0 Å². The third-order valence-electron chi connectivity index (χ3n) is 11.1. The van der Waals surface area contributed by atoms with Crippen molar-refractivity contribution in [1.82, 2.24) is 5.32 Å². The van der Waals surface area contributed by atoms with Crippen molar-refractivity contribution in [3.8, 4) is 0 Å². The monoisotopic (exact) mass is 774 g/mol. The second kappa shape index (κ2) is 36.9. The Hall–Kier alpha value is -0.760. The van der Waals surface area contributed by atoms with Crippen molar-refractivity contribution in [3.63, 3.8) is 0 Å². The van der Waals surface area contributed by atoms with Crippen LogP contribution in [0.25, 0.3) is 0 Å². The molecule has 0 bridgehead atoms. The van der Waals surface area contributed by atoms with Gasteiger partial charge < -0.3 is 19.8 Å². The molecule has 0 rings (SSSR count). The molecule has 0 aliphatic heterocycles. The summed E-state index contributed by atoms with van der Waals surface area (Å²) in [6.45, 7) is 12.5. The summed E-state index contributed by atoms with van der Waals surface area (Å²) in [5.74, 6) is 0.0461. The minimum Gasteiger partial charge on any atom is -0.385 e. The molecule has 0 fully saturated rings. The zero-order chi connectivity index (χ0) is 39.3. The standard InChI is InChI=1S/C44H89N2O6P/c1-6-10-12-14-16-18-20-22-23-25-27-29-31-33-36-42(35-32-30-28-26-24-21-19-17-15-13-11-7-2)40-51-53(49,50)52-41-43(47)39-46(5,9-4)38-34-37-45-44(48)8-3/h8,42-43,47H,3,6-7,9-41H2,1-2,4-5H3,(H-,45,48,49,50)/p+1. The fourth-order valence-corrected chi connectivity index (χ4v) is 8.15. The van der Waals surface area contributed by atoms with E-state index in [4.69, 9.17) is 9.05 Å². The summed E-state index contributed by atoms with van der Waals surface area (Å²) in [6, 6.07) is 0. The third-order valence-corrected chi connectivity index (χ3v) is 12.1. The second-order valence-corrected chi connectivity index (χ2v) is 17.8. The molecule has 316 valence electrons. The first kappa shape index (κ1) is 52.2. The normalized spacial score (nSPS) is 15.1. The lowest BCUT2D eigenvalue weighted by atomic mass is 9.94. The highest BCUT2D eigenvalue weighted by atomic mass is 31.2. The number of nitrogens with zero attached hydrogens (tertiary/aromatic N) is 1. The number of carbonyl (C=O) groups is 1. The summed E-state index contributed by atoms with van der Waals surface area (Å²) in [4.78, 5) is 21.9. The molecule has 0 radical (unpaired) electrons. The summed E-state index contributed by atoms with van der Waals surface area (Å²) >= 11 is 0. The number of quaternary nitrogens is 1. The number of phosphoric acid groups is 1. The lowest BCUT2D eigenvalue weighted by Crippen LogP contribution is -2.50. The fraction of sp³-hybridized carbons (Fsp3) is 0.932. The summed E-state index contributed by atoms with van der Waals surface area (Å²) < 4.78 is 24.3. The first-order valence-electron chi connectivity index (χ1n) is 22.6. The Morgan fingerprint density at radius 1 is 0.660 bits per heavy atom. The number of nitrogens with one attached hydrogen (secondary N) is 1. The maximum atomic E-state index is 12.9. The Kier molecular flexibility index (Phi) is 36.3. The van der Waals surface area contributed by atoms with Gasteiger partial charge in [-0.3, -0.25) is 13.8 Å². The third kappa shape index (κ3) is 35.4. The lowest BCUT2D eigenvalue weighted by molar-refractivity contribution is -0.910. The minimum atomic E-state index is -4.28. The average molecular weight is 774 g/mol. The molecule has 1 amide bonds. The molecule has 0 aromatic carbocycles. The summed E-state index contributed by atoms with van der Waals surface area (Å²) in [6.07, 6.45) is 37.6. The highest BCUT2D eigenvalue weighted by molar-refractivity contribution is 7.47. The van der Waals surface area contributed by atoms with Crippen molar-refractivity contribution in [1.29, 1.82) is 0 Å². The number of aliphatic hydroxyl groups excluding tert-OH is 1. The van der Waals surface area contributed by atoms with E-state index in [0.717, 1.165) is 45.2 Å². The van der Waals surface area contributed by atoms with Gasteiger partial charge in [0.1, 0.15) is 12.6 Å². The predicted molar refractivity (Wildman–Crippen MR) is 226 cm³/mol. The topological polar surface area (TPSA) is 105 Å². The molecule has 4 unspecified atom stereocenters. The van der Waals surface area contributed by atoms with Crippen molar-refractivity contribution in [2.75, 3.05) is 46.4 Å². The zero-order valence-corrected chi connectivity index (χ0v) is 36.5. The van der Waals surface area contributed by atoms with Crippen LogP contribution in [0.4, 0.5) is 0 Å². The second-order valence-electron chi connectivity index (χ2n) is 16.3. The van der Waals surface area contributed by atoms with Crippen LogP contribution in [0.3, 0.4) is 0 Å². The van der Waals surface area contributed by atoms with Gasteiger partial charge in [-0.2, -0.15) is 0 Å². The molecule has 0 saturated carbocycles. The lowest BCUT2D eigenvalue weighted by Gasteiger charge is -2.35. The summed E-state index contributed by atoms with van der Waals surface area (Å²) in [5, 5.41) is 13.5. The largest absolute Gasteiger partial charge is 0.472 e. The van der Waals surface area contributed by atoms with E-state index in [1.807, 2.05) is 14.0 Å². The molecule has 4 atom stereocenters. The van der Waals surface area contributed by atoms with E-state index in [1.54, 1.807) is 0 Å². The number of unbranched alkanes of at least 4 members (excludes halogenated alkanes) is 24. The van der Waals surface area contributed by atoms with Crippen LogP contribution >= 0.6 is 7.82 Å². The minimum absolute atomic E-state index is 0.196. The molecule has 0 aliphatic carbocycles. The van der Waals surface area contributed by atoms with E-state index in [-0.39, 0.29) is 25.0 Å². The van der Waals surface area contributed by atoms with E-state index >= 15 is 0 Å². The molecule has 0 aromatic rings. The molecule has 0 aliphatic rings. The van der Waals surface area contributed by atoms with Crippen molar-refractivity contribution in [3.05, 3.63) is 12.7 Å². The van der Waals surface area contributed by atoms with E-state index in [0.29, 0.717) is 17.6 Å². The molecule has 3 N–H and O–H groups in total. The number of hydrogen-bond donors (Lipinski definition) is 3. The van der Waals surface area contributed by atoms with Gasteiger partial charge in [-0.15, -0.1) is 0 Å². The van der Waals surface area contributed by atoms with Gasteiger partial charge in [0.05, 0.1) is 33.4 Å². The van der Waals surface area contributed by atoms with Gasteiger partial charge >= 0.3 is 7.82 Å². The highest BCUT2D eigenvalue weighted by Crippen LogP contribution is 2.44. The Balaban J connectivity index is 4.57. The van der Waals surface area contributed by atoms with E-state index in [9.17, 15) is 19.4 Å². The molecule has 0 aromatic heterocycles. The Morgan fingerprint density at radius 3 is 1.42 bits per heavy atom. The van der Waals surface area contributed by atoms with Crippen molar-refractivity contribution in [2.45, 2.75) is 213 Å². The molecule has 0 spiro atoms. The number of likely N-dealkylation sites (N-methyl/N-ethyl adjacent to an activating group) is 1. The van der Waals surface area contributed by atoms with Crippen LogP contribution in [0.15, 0.2) is 12.7 Å². The van der Waals surface area contributed by atoms with Crippen LogP contribution in [0.5, 0.6) is 0 Å². The number of phosphoric ester groups is 1. The average Bonchev–Trinajstić information content (AvgIpc) is 3.14. The van der Waals surface area contributed by atoms with Gasteiger partial charge in [-0.1, -0.05) is 187 Å². The molecular formula is C44H90N2O6P+. The summed E-state index contributed by atoms with van der Waals surface area (Å²) in [7, 11) is -2.25. The maximum absolute atomic E-state index is 12.9. The summed E-state index contributed by atoms with van der Waals surface area (Å²) in [5.41, 5.74) is 0. The fourth-order valence-electron chi connectivity index (χ4n) is 7.31. The SMILES string of the molecule is C=CC(=O)NCCC[N+](C)(CC)CC(O)COP(=O)(O)OCC(CCCCCCCCCCCCCC)CCCCCCCCCCCCCCCC. The molecule has 9 heteroatoms. The molecular weight excluding hydrogens is 683 g/mol. The van der Waals surface area contributed by atoms with Crippen LogP contribution in [0.1, 0.15) is 207 Å². The van der Waals surface area contributed by atoms with Gasteiger partial charge in [-0.05, 0) is 31.8 Å². The first-order valence-corrected chi connectivity index (χ1v) is 24.1. The Bertz CT molecular complexity index is 877. The maximum Gasteiger partial charge on any atom is 0.472 e. The van der Waals surface area contributed by atoms with Gasteiger partial charge in [0.15, 0.2) is 0 Å². The Morgan fingerprint density at radius 2 is 1.04 bits per heavy atom. The van der Waals surface area contributed by atoms with E-state index < -0.39 is 13.9 Å². The number of aliphatic hydroxyl groups is 1. The Labute approximate surface area is 329 Å². The first-order chi connectivity index (χ1) is 25.6. The number of hydrogen-bond acceptors (Lipinski definition) is 5. The highest BCUT2D eigenvalue weighted by Gasteiger charge is 2.28. The van der Waals surface area contributed by atoms with Crippen LogP contribution in [-0.4, -0.2) is 72.9 Å². The van der Waals surface area contributed by atoms with Crippen molar-refractivity contribution < 1.29 is 32.9 Å². The van der Waals surface area contributed by atoms with Crippen molar-refractivity contribution >= 4 is 13.7 Å². The smallest absolute Gasteiger partial charge is 0.385 e. The van der Waals surface area contributed by atoms with Gasteiger partial charge in [0, 0.05) is 13.0 Å².